The van der Waals surface area contributed by atoms with Crippen LogP contribution >= 0.6 is 35.3 Å². The van der Waals surface area contributed by atoms with Crippen LogP contribution in [0.5, 0.6) is 0 Å². The number of thiazole rings is 1. The van der Waals surface area contributed by atoms with Crippen LogP contribution in [0, 0.1) is 0 Å². The lowest BCUT2D eigenvalue weighted by Gasteiger charge is -2.15. The van der Waals surface area contributed by atoms with Crippen molar-refractivity contribution < 1.29 is 18.3 Å². The summed E-state index contributed by atoms with van der Waals surface area (Å²) >= 11 is 0.920. The topological polar surface area (TPSA) is 69.5 Å². The number of aliphatic hydroxyl groups is 1. The van der Waals surface area contributed by atoms with Crippen molar-refractivity contribution in [1.82, 2.24) is 15.6 Å². The molecule has 27 heavy (non-hydrogen) atoms. The molecule has 0 aliphatic rings. The predicted molar refractivity (Wildman–Crippen MR) is 112 cm³/mol. The van der Waals surface area contributed by atoms with Crippen LogP contribution in [0.4, 0.5) is 13.2 Å². The van der Waals surface area contributed by atoms with Gasteiger partial charge in [0.2, 0.25) is 0 Å². The van der Waals surface area contributed by atoms with Crippen molar-refractivity contribution in [3.8, 4) is 0 Å². The van der Waals surface area contributed by atoms with Crippen LogP contribution in [0.2, 0.25) is 0 Å². The smallest absolute Gasteiger partial charge is 0.391 e. The Labute approximate surface area is 177 Å². The van der Waals surface area contributed by atoms with E-state index in [2.05, 4.69) is 20.6 Å². The lowest BCUT2D eigenvalue weighted by atomic mass is 10.1. The van der Waals surface area contributed by atoms with Crippen LogP contribution < -0.4 is 10.6 Å². The summed E-state index contributed by atoms with van der Waals surface area (Å²) in [5.74, 6) is 0.420. The summed E-state index contributed by atoms with van der Waals surface area (Å²) in [5.41, 5.74) is 0.121. The fourth-order valence-electron chi connectivity index (χ4n) is 2.17. The summed E-state index contributed by atoms with van der Waals surface area (Å²) in [7, 11) is 0. The number of guanidine groups is 1. The molecule has 0 saturated carbocycles. The molecule has 1 heterocycles. The van der Waals surface area contributed by atoms with E-state index < -0.39 is 18.0 Å². The van der Waals surface area contributed by atoms with E-state index in [9.17, 15) is 18.3 Å². The molecule has 0 saturated heterocycles. The normalized spacial score (nSPS) is 13.0. The number of aromatic nitrogens is 1. The highest BCUT2D eigenvalue weighted by molar-refractivity contribution is 14.0. The molecule has 1 atom stereocenters. The number of nitrogens with zero attached hydrogens (tertiary/aromatic N) is 2. The lowest BCUT2D eigenvalue weighted by molar-refractivity contribution is -0.140. The van der Waals surface area contributed by atoms with E-state index >= 15 is 0 Å². The summed E-state index contributed by atoms with van der Waals surface area (Å²) in [6.45, 7) is 2.77. The first-order chi connectivity index (χ1) is 12.4. The highest BCUT2D eigenvalue weighted by Crippen LogP contribution is 2.30. The van der Waals surface area contributed by atoms with Crippen molar-refractivity contribution in [2.45, 2.75) is 32.2 Å². The van der Waals surface area contributed by atoms with Gasteiger partial charge < -0.3 is 15.7 Å². The summed E-state index contributed by atoms with van der Waals surface area (Å²) in [5, 5.41) is 17.4. The number of hydrogen-bond acceptors (Lipinski definition) is 4. The number of alkyl halides is 3. The van der Waals surface area contributed by atoms with Gasteiger partial charge in [0, 0.05) is 24.9 Å². The van der Waals surface area contributed by atoms with Crippen molar-refractivity contribution >= 4 is 41.3 Å². The summed E-state index contributed by atoms with van der Waals surface area (Å²) in [4.78, 5) is 7.77. The van der Waals surface area contributed by atoms with Gasteiger partial charge in [0.05, 0.1) is 12.6 Å². The Balaban J connectivity index is 0.00000364. The second kappa shape index (κ2) is 11.4. The first kappa shape index (κ1) is 23.6. The fourth-order valence-corrected chi connectivity index (χ4v) is 2.90. The van der Waals surface area contributed by atoms with Crippen LogP contribution in [-0.4, -0.2) is 35.2 Å². The predicted octanol–water partition coefficient (Wildman–Crippen LogP) is 3.44. The highest BCUT2D eigenvalue weighted by Gasteiger charge is 2.33. The van der Waals surface area contributed by atoms with Crippen LogP contribution in [0.25, 0.3) is 0 Å². The third-order valence-corrected chi connectivity index (χ3v) is 4.21. The minimum Gasteiger partial charge on any atom is -0.391 e. The van der Waals surface area contributed by atoms with Gasteiger partial charge >= 0.3 is 6.18 Å². The van der Waals surface area contributed by atoms with Crippen molar-refractivity contribution in [3.05, 3.63) is 52.0 Å². The summed E-state index contributed by atoms with van der Waals surface area (Å²) < 4.78 is 37.7. The van der Waals surface area contributed by atoms with Crippen molar-refractivity contribution in [2.75, 3.05) is 13.1 Å². The van der Waals surface area contributed by atoms with E-state index in [-0.39, 0.29) is 42.1 Å². The molecule has 0 amide bonds. The number of rotatable bonds is 7. The Morgan fingerprint density at radius 1 is 1.26 bits per heavy atom. The van der Waals surface area contributed by atoms with Crippen LogP contribution in [0.1, 0.15) is 23.2 Å². The molecule has 10 heteroatoms. The molecule has 0 aliphatic carbocycles. The molecule has 5 nitrogen and oxygen atoms in total. The zero-order valence-electron chi connectivity index (χ0n) is 14.7. The molecular formula is C17H22F3IN4OS. The Morgan fingerprint density at radius 2 is 1.96 bits per heavy atom. The zero-order chi connectivity index (χ0) is 19.0. The average molecular weight is 514 g/mol. The number of aliphatic hydroxyl groups excluding tert-OH is 1. The van der Waals surface area contributed by atoms with Gasteiger partial charge in [-0.1, -0.05) is 30.3 Å². The van der Waals surface area contributed by atoms with Crippen molar-refractivity contribution in [1.29, 1.82) is 0 Å². The van der Waals surface area contributed by atoms with Crippen LogP contribution in [0.3, 0.4) is 0 Å². The molecule has 3 N–H and O–H groups in total. The van der Waals surface area contributed by atoms with E-state index in [1.807, 2.05) is 37.3 Å². The molecule has 0 fully saturated rings. The second-order valence-electron chi connectivity index (χ2n) is 5.54. The number of benzene rings is 1. The van der Waals surface area contributed by atoms with Gasteiger partial charge in [-0.25, -0.2) is 9.98 Å². The maximum absolute atomic E-state index is 12.6. The summed E-state index contributed by atoms with van der Waals surface area (Å²) in [6.07, 6.45) is -4.56. The van der Waals surface area contributed by atoms with Crippen molar-refractivity contribution in [2.24, 2.45) is 4.99 Å². The highest BCUT2D eigenvalue weighted by atomic mass is 127. The van der Waals surface area contributed by atoms with E-state index in [0.29, 0.717) is 18.9 Å². The number of nitrogens with one attached hydrogen (secondary N) is 2. The van der Waals surface area contributed by atoms with Gasteiger partial charge in [-0.15, -0.1) is 35.3 Å². The first-order valence-corrected chi connectivity index (χ1v) is 9.02. The monoisotopic (exact) mass is 514 g/mol. The third-order valence-electron chi connectivity index (χ3n) is 3.38. The second-order valence-corrected chi connectivity index (χ2v) is 6.49. The third kappa shape index (κ3) is 8.43. The van der Waals surface area contributed by atoms with Crippen LogP contribution in [-0.2, 0) is 19.1 Å². The maximum atomic E-state index is 12.6. The number of halogens is 4. The van der Waals surface area contributed by atoms with Gasteiger partial charge in [-0.05, 0) is 12.5 Å². The molecule has 2 rings (SSSR count). The molecule has 0 radical (unpaired) electrons. The zero-order valence-corrected chi connectivity index (χ0v) is 17.8. The van der Waals surface area contributed by atoms with Gasteiger partial charge in [-0.2, -0.15) is 13.2 Å². The molecular weight excluding hydrogens is 492 g/mol. The minimum absolute atomic E-state index is 0. The SMILES string of the molecule is CCNC(=NCc1nc(C(F)(F)F)cs1)NCC(O)Cc1ccccc1.I. The fraction of sp³-hybridized carbons (Fsp3) is 0.412. The molecule has 1 unspecified atom stereocenters. The van der Waals surface area contributed by atoms with E-state index in [4.69, 9.17) is 0 Å². The summed E-state index contributed by atoms with van der Waals surface area (Å²) in [6, 6.07) is 9.59. The molecule has 150 valence electrons. The Morgan fingerprint density at radius 3 is 2.56 bits per heavy atom. The van der Waals surface area contributed by atoms with E-state index in [1.54, 1.807) is 0 Å². The van der Waals surface area contributed by atoms with Gasteiger partial charge in [0.1, 0.15) is 5.01 Å². The Bertz CT molecular complexity index is 710. The Hall–Kier alpha value is -1.40. The van der Waals surface area contributed by atoms with E-state index in [1.165, 1.54) is 0 Å². The molecule has 0 aliphatic heterocycles. The average Bonchev–Trinajstić information content (AvgIpc) is 3.08. The molecule has 2 aromatic rings. The largest absolute Gasteiger partial charge is 0.434 e. The lowest BCUT2D eigenvalue weighted by Crippen LogP contribution is -2.41. The standard InChI is InChI=1S/C17H21F3N4OS.HI/c1-2-21-16(22-9-13(25)8-12-6-4-3-5-7-12)23-10-15-24-14(11-26-15)17(18,19)20;/h3-7,11,13,25H,2,8-10H2,1H3,(H2,21,22,23);1H. The number of hydrogen-bond donors (Lipinski definition) is 3. The number of aliphatic imine (C=N–C) groups is 1. The van der Waals surface area contributed by atoms with Gasteiger partial charge in [-0.3, -0.25) is 0 Å². The van der Waals surface area contributed by atoms with E-state index in [0.717, 1.165) is 22.3 Å². The maximum Gasteiger partial charge on any atom is 0.434 e. The van der Waals surface area contributed by atoms with Crippen LogP contribution in [0.15, 0.2) is 40.7 Å². The quantitative estimate of drug-likeness (QED) is 0.301. The first-order valence-electron chi connectivity index (χ1n) is 8.14. The Kier molecular flexibility index (Phi) is 10.0. The molecule has 1 aromatic carbocycles. The minimum atomic E-state index is -4.44. The van der Waals surface area contributed by atoms with Gasteiger partial charge in [0.15, 0.2) is 11.7 Å². The molecule has 0 bridgehead atoms. The molecule has 1 aromatic heterocycles. The molecule has 0 spiro atoms. The van der Waals surface area contributed by atoms with Gasteiger partial charge in [0.25, 0.3) is 0 Å². The van der Waals surface area contributed by atoms with Crippen molar-refractivity contribution in [3.63, 3.8) is 0 Å².